The van der Waals surface area contributed by atoms with E-state index in [0.717, 1.165) is 34.9 Å². The molecule has 25 heavy (non-hydrogen) atoms. The molecule has 1 aromatic carbocycles. The summed E-state index contributed by atoms with van der Waals surface area (Å²) in [6.45, 7) is 0.756. The third kappa shape index (κ3) is 3.59. The highest BCUT2D eigenvalue weighted by molar-refractivity contribution is 7.18. The van der Waals surface area contributed by atoms with Crippen molar-refractivity contribution in [2.75, 3.05) is 11.9 Å². The van der Waals surface area contributed by atoms with Gasteiger partial charge in [0, 0.05) is 22.1 Å². The summed E-state index contributed by atoms with van der Waals surface area (Å²) < 4.78 is 5.59. The van der Waals surface area contributed by atoms with Gasteiger partial charge in [0.25, 0.3) is 5.91 Å². The molecule has 0 radical (unpaired) electrons. The van der Waals surface area contributed by atoms with Crippen LogP contribution < -0.4 is 5.32 Å². The van der Waals surface area contributed by atoms with Crippen molar-refractivity contribution in [1.29, 1.82) is 0 Å². The Bertz CT molecular complexity index is 903. The maximum absolute atomic E-state index is 12.4. The number of nitrogens with zero attached hydrogens (tertiary/aromatic N) is 2. The number of amides is 1. The van der Waals surface area contributed by atoms with E-state index in [1.807, 2.05) is 30.3 Å². The van der Waals surface area contributed by atoms with Crippen molar-refractivity contribution < 1.29 is 9.53 Å². The lowest BCUT2D eigenvalue weighted by molar-refractivity contribution is 0.103. The van der Waals surface area contributed by atoms with Crippen LogP contribution >= 0.6 is 34.3 Å². The van der Waals surface area contributed by atoms with Gasteiger partial charge in [0.05, 0.1) is 4.88 Å². The largest absolute Gasteiger partial charge is 0.371 e. The van der Waals surface area contributed by atoms with Crippen molar-refractivity contribution >= 4 is 45.3 Å². The van der Waals surface area contributed by atoms with E-state index < -0.39 is 0 Å². The van der Waals surface area contributed by atoms with Gasteiger partial charge in [-0.05, 0) is 31.0 Å². The second-order valence-electron chi connectivity index (χ2n) is 5.54. The molecular formula is C17H14ClN3O2S2. The Balaban J connectivity index is 1.48. The van der Waals surface area contributed by atoms with Gasteiger partial charge in [-0.2, -0.15) is 0 Å². The summed E-state index contributed by atoms with van der Waals surface area (Å²) in [6.07, 6.45) is 2.00. The first-order valence-electron chi connectivity index (χ1n) is 7.82. The number of benzene rings is 1. The summed E-state index contributed by atoms with van der Waals surface area (Å²) in [5, 5.41) is 13.0. The highest BCUT2D eigenvalue weighted by atomic mass is 35.5. The van der Waals surface area contributed by atoms with Gasteiger partial charge < -0.3 is 4.74 Å². The van der Waals surface area contributed by atoms with Crippen LogP contribution in [-0.2, 0) is 4.74 Å². The molecule has 0 spiro atoms. The summed E-state index contributed by atoms with van der Waals surface area (Å²) in [5.74, 6) is -0.196. The van der Waals surface area contributed by atoms with Crippen LogP contribution in [0.15, 0.2) is 36.4 Å². The molecule has 1 aliphatic heterocycles. The number of aromatic nitrogens is 2. The molecule has 128 valence electrons. The van der Waals surface area contributed by atoms with Crippen LogP contribution in [0.3, 0.4) is 0 Å². The molecule has 3 heterocycles. The molecule has 0 bridgehead atoms. The van der Waals surface area contributed by atoms with Crippen LogP contribution in [0.4, 0.5) is 5.13 Å². The molecule has 1 amide bonds. The number of halogens is 1. The highest BCUT2D eigenvalue weighted by Gasteiger charge is 2.22. The first kappa shape index (κ1) is 16.7. The number of hydrogen-bond acceptors (Lipinski definition) is 6. The van der Waals surface area contributed by atoms with Crippen molar-refractivity contribution in [3.63, 3.8) is 0 Å². The number of ether oxygens (including phenoxy) is 1. The van der Waals surface area contributed by atoms with E-state index in [0.29, 0.717) is 15.0 Å². The minimum atomic E-state index is -0.196. The SMILES string of the molecule is O=C(Nc1nnc([C@@H]2CCCO2)s1)c1ccc(-c2ccccc2Cl)s1. The molecule has 0 unspecified atom stereocenters. The van der Waals surface area contributed by atoms with E-state index in [4.69, 9.17) is 16.3 Å². The Hall–Kier alpha value is -1.80. The van der Waals surface area contributed by atoms with Crippen LogP contribution in [0.5, 0.6) is 0 Å². The Labute approximate surface area is 157 Å². The fourth-order valence-electron chi connectivity index (χ4n) is 2.61. The average Bonchev–Trinajstić information content (AvgIpc) is 3.36. The van der Waals surface area contributed by atoms with Gasteiger partial charge in [-0.15, -0.1) is 21.5 Å². The zero-order chi connectivity index (χ0) is 17.2. The van der Waals surface area contributed by atoms with Crippen LogP contribution in [0.2, 0.25) is 5.02 Å². The molecule has 4 rings (SSSR count). The Morgan fingerprint density at radius 2 is 2.08 bits per heavy atom. The van der Waals surface area contributed by atoms with Crippen molar-refractivity contribution in [2.24, 2.45) is 0 Å². The van der Waals surface area contributed by atoms with Crippen molar-refractivity contribution in [3.8, 4) is 10.4 Å². The van der Waals surface area contributed by atoms with E-state index in [1.54, 1.807) is 6.07 Å². The van der Waals surface area contributed by atoms with E-state index in [-0.39, 0.29) is 12.0 Å². The second kappa shape index (κ2) is 7.21. The molecule has 8 heteroatoms. The van der Waals surface area contributed by atoms with E-state index in [2.05, 4.69) is 15.5 Å². The van der Waals surface area contributed by atoms with E-state index in [9.17, 15) is 4.79 Å². The molecule has 1 N–H and O–H groups in total. The molecular weight excluding hydrogens is 378 g/mol. The normalized spacial score (nSPS) is 16.9. The van der Waals surface area contributed by atoms with Crippen molar-refractivity contribution in [3.05, 3.63) is 51.3 Å². The summed E-state index contributed by atoms with van der Waals surface area (Å²) in [4.78, 5) is 14.0. The van der Waals surface area contributed by atoms with Gasteiger partial charge in [-0.3, -0.25) is 10.1 Å². The summed E-state index contributed by atoms with van der Waals surface area (Å²) in [7, 11) is 0. The number of nitrogens with one attached hydrogen (secondary N) is 1. The van der Waals surface area contributed by atoms with Crippen LogP contribution in [-0.4, -0.2) is 22.7 Å². The number of carbonyl (C=O) groups excluding carboxylic acids is 1. The quantitative estimate of drug-likeness (QED) is 0.677. The minimum absolute atomic E-state index is 0.0108. The third-order valence-corrected chi connectivity index (χ3v) is 6.21. The first-order chi connectivity index (χ1) is 12.2. The monoisotopic (exact) mass is 391 g/mol. The maximum Gasteiger partial charge on any atom is 0.267 e. The highest BCUT2D eigenvalue weighted by Crippen LogP contribution is 2.34. The molecule has 0 saturated carbocycles. The van der Waals surface area contributed by atoms with E-state index >= 15 is 0 Å². The van der Waals surface area contributed by atoms with Gasteiger partial charge in [0.1, 0.15) is 11.1 Å². The molecule has 2 aromatic heterocycles. The Morgan fingerprint density at radius 1 is 1.20 bits per heavy atom. The molecule has 1 atom stereocenters. The fraction of sp³-hybridized carbons (Fsp3) is 0.235. The summed E-state index contributed by atoms with van der Waals surface area (Å²) in [6, 6.07) is 11.3. The van der Waals surface area contributed by atoms with Crippen molar-refractivity contribution in [2.45, 2.75) is 18.9 Å². The molecule has 0 aliphatic carbocycles. The van der Waals surface area contributed by atoms with Crippen LogP contribution in [0.25, 0.3) is 10.4 Å². The molecule has 3 aromatic rings. The minimum Gasteiger partial charge on any atom is -0.371 e. The molecule has 5 nitrogen and oxygen atoms in total. The Kier molecular flexibility index (Phi) is 4.80. The lowest BCUT2D eigenvalue weighted by Gasteiger charge is -2.02. The number of anilines is 1. The average molecular weight is 392 g/mol. The number of thiophene rings is 1. The fourth-order valence-corrected chi connectivity index (χ4v) is 4.67. The summed E-state index contributed by atoms with van der Waals surface area (Å²) >= 11 is 8.98. The van der Waals surface area contributed by atoms with Gasteiger partial charge in [-0.1, -0.05) is 41.1 Å². The first-order valence-corrected chi connectivity index (χ1v) is 9.83. The topological polar surface area (TPSA) is 64.1 Å². The lowest BCUT2D eigenvalue weighted by atomic mass is 10.2. The predicted octanol–water partition coefficient (Wildman–Crippen LogP) is 5.02. The van der Waals surface area contributed by atoms with E-state index in [1.165, 1.54) is 22.7 Å². The van der Waals surface area contributed by atoms with Crippen LogP contribution in [0, 0.1) is 0 Å². The Morgan fingerprint density at radius 3 is 2.88 bits per heavy atom. The van der Waals surface area contributed by atoms with Crippen molar-refractivity contribution in [1.82, 2.24) is 10.2 Å². The van der Waals surface area contributed by atoms with Gasteiger partial charge >= 0.3 is 0 Å². The zero-order valence-electron chi connectivity index (χ0n) is 13.1. The maximum atomic E-state index is 12.4. The zero-order valence-corrected chi connectivity index (χ0v) is 15.5. The van der Waals surface area contributed by atoms with Crippen LogP contribution in [0.1, 0.15) is 33.6 Å². The number of rotatable bonds is 4. The number of carbonyl (C=O) groups is 1. The summed E-state index contributed by atoms with van der Waals surface area (Å²) in [5.41, 5.74) is 0.921. The molecule has 1 saturated heterocycles. The number of hydrogen-bond donors (Lipinski definition) is 1. The second-order valence-corrected chi connectivity index (χ2v) is 8.05. The van der Waals surface area contributed by atoms with Gasteiger partial charge in [-0.25, -0.2) is 0 Å². The third-order valence-electron chi connectivity index (χ3n) is 3.84. The molecule has 1 fully saturated rings. The molecule has 1 aliphatic rings. The smallest absolute Gasteiger partial charge is 0.267 e. The van der Waals surface area contributed by atoms with Gasteiger partial charge in [0.15, 0.2) is 0 Å². The van der Waals surface area contributed by atoms with Gasteiger partial charge in [0.2, 0.25) is 5.13 Å². The lowest BCUT2D eigenvalue weighted by Crippen LogP contribution is -2.09. The predicted molar refractivity (Wildman–Crippen MR) is 101 cm³/mol. The standard InChI is InChI=1S/C17H14ClN3O2S2/c18-11-5-2-1-4-10(11)13-7-8-14(24-13)15(22)19-17-21-20-16(25-17)12-6-3-9-23-12/h1-2,4-5,7-8,12H,3,6,9H2,(H,19,21,22)/t12-/m0/s1.